The summed E-state index contributed by atoms with van der Waals surface area (Å²) in [6.45, 7) is 9.14. The van der Waals surface area contributed by atoms with E-state index in [-0.39, 0.29) is 0 Å². The molecule has 1 aromatic carbocycles. The molecule has 0 spiro atoms. The van der Waals surface area contributed by atoms with E-state index < -0.39 is 0 Å². The summed E-state index contributed by atoms with van der Waals surface area (Å²) < 4.78 is 6.92. The lowest BCUT2D eigenvalue weighted by Crippen LogP contribution is -2.12. The van der Waals surface area contributed by atoms with Crippen LogP contribution in [-0.4, -0.2) is 13.2 Å². The zero-order chi connectivity index (χ0) is 12.7. The van der Waals surface area contributed by atoms with Gasteiger partial charge in [-0.15, -0.1) is 0 Å². The summed E-state index contributed by atoms with van der Waals surface area (Å²) in [5.74, 6) is 1.57. The monoisotopic (exact) mass is 299 g/mol. The summed E-state index contributed by atoms with van der Waals surface area (Å²) in [4.78, 5) is 0. The van der Waals surface area contributed by atoms with Crippen LogP contribution in [0.3, 0.4) is 0 Å². The molecule has 1 unspecified atom stereocenters. The molecule has 0 saturated heterocycles. The van der Waals surface area contributed by atoms with Crippen molar-refractivity contribution in [3.8, 4) is 5.75 Å². The van der Waals surface area contributed by atoms with Crippen LogP contribution in [-0.2, 0) is 6.54 Å². The summed E-state index contributed by atoms with van der Waals surface area (Å²) in [5.41, 5.74) is 1.24. The summed E-state index contributed by atoms with van der Waals surface area (Å²) in [5, 5.41) is 3.32. The minimum absolute atomic E-state index is 0.607. The third-order valence-electron chi connectivity index (χ3n) is 2.81. The molecule has 0 aliphatic rings. The van der Waals surface area contributed by atoms with Gasteiger partial charge < -0.3 is 10.1 Å². The second-order valence-corrected chi connectivity index (χ2v) is 5.21. The molecule has 0 fully saturated rings. The predicted molar refractivity (Wildman–Crippen MR) is 76.5 cm³/mol. The lowest BCUT2D eigenvalue weighted by molar-refractivity contribution is 0.256. The minimum Gasteiger partial charge on any atom is -0.493 e. The normalized spacial score (nSPS) is 12.5. The Morgan fingerprint density at radius 2 is 2.12 bits per heavy atom. The van der Waals surface area contributed by atoms with Crippen molar-refractivity contribution < 1.29 is 4.74 Å². The first-order valence-electron chi connectivity index (χ1n) is 6.29. The number of rotatable bonds is 7. The lowest BCUT2D eigenvalue weighted by Gasteiger charge is -2.13. The van der Waals surface area contributed by atoms with E-state index in [1.165, 1.54) is 5.56 Å². The third kappa shape index (κ3) is 5.09. The molecule has 1 atom stereocenters. The quantitative estimate of drug-likeness (QED) is 0.822. The zero-order valence-electron chi connectivity index (χ0n) is 10.9. The van der Waals surface area contributed by atoms with Crippen LogP contribution in [0.5, 0.6) is 5.75 Å². The van der Waals surface area contributed by atoms with E-state index in [1.807, 2.05) is 6.07 Å². The molecule has 0 radical (unpaired) electrons. The second kappa shape index (κ2) is 7.72. The molecule has 1 N–H and O–H groups in total. The lowest BCUT2D eigenvalue weighted by atomic mass is 10.1. The van der Waals surface area contributed by atoms with Gasteiger partial charge in [0.05, 0.1) is 6.61 Å². The predicted octanol–water partition coefficient (Wildman–Crippen LogP) is 3.98. The van der Waals surface area contributed by atoms with Crippen molar-refractivity contribution in [3.05, 3.63) is 28.2 Å². The van der Waals surface area contributed by atoms with Crippen LogP contribution in [0.15, 0.2) is 22.7 Å². The fraction of sp³-hybridized carbons (Fsp3) is 0.571. The number of hydrogen-bond donors (Lipinski definition) is 1. The Morgan fingerprint density at radius 1 is 1.35 bits per heavy atom. The highest BCUT2D eigenvalue weighted by atomic mass is 79.9. The van der Waals surface area contributed by atoms with Gasteiger partial charge in [0.15, 0.2) is 0 Å². The van der Waals surface area contributed by atoms with Crippen molar-refractivity contribution in [2.24, 2.45) is 5.92 Å². The molecule has 0 heterocycles. The van der Waals surface area contributed by atoms with Gasteiger partial charge in [-0.3, -0.25) is 0 Å². The number of ether oxygens (including phenoxy) is 1. The smallest absolute Gasteiger partial charge is 0.119 e. The first-order valence-corrected chi connectivity index (χ1v) is 7.08. The Hall–Kier alpha value is -0.540. The average molecular weight is 300 g/mol. The molecule has 0 bridgehead atoms. The zero-order valence-corrected chi connectivity index (χ0v) is 12.5. The molecular formula is C14H22BrNO. The number of hydrogen-bond acceptors (Lipinski definition) is 2. The fourth-order valence-corrected chi connectivity index (χ4v) is 1.78. The summed E-state index contributed by atoms with van der Waals surface area (Å²) in [6.07, 6.45) is 1.15. The van der Waals surface area contributed by atoms with E-state index in [0.717, 1.165) is 36.3 Å². The second-order valence-electron chi connectivity index (χ2n) is 4.36. The molecular weight excluding hydrogens is 278 g/mol. The summed E-state index contributed by atoms with van der Waals surface area (Å²) >= 11 is 3.56. The average Bonchev–Trinajstić information content (AvgIpc) is 2.35. The van der Waals surface area contributed by atoms with Crippen molar-refractivity contribution in [2.75, 3.05) is 13.2 Å². The standard InChI is InChI=1S/C14H22BrNO/c1-4-11(3)10-17-13-6-7-14(15)12(8-13)9-16-5-2/h6-8,11,16H,4-5,9-10H2,1-3H3. The fourth-order valence-electron chi connectivity index (χ4n) is 1.39. The number of halogens is 1. The van der Waals surface area contributed by atoms with E-state index in [2.05, 4.69) is 54.2 Å². The van der Waals surface area contributed by atoms with E-state index in [0.29, 0.717) is 5.92 Å². The minimum atomic E-state index is 0.607. The molecule has 96 valence electrons. The van der Waals surface area contributed by atoms with E-state index in [9.17, 15) is 0 Å². The maximum atomic E-state index is 5.79. The molecule has 1 rings (SSSR count). The van der Waals surface area contributed by atoms with Gasteiger partial charge in [-0.25, -0.2) is 0 Å². The van der Waals surface area contributed by atoms with Crippen LogP contribution in [0.2, 0.25) is 0 Å². The van der Waals surface area contributed by atoms with Crippen LogP contribution in [0.1, 0.15) is 32.8 Å². The molecule has 0 amide bonds. The topological polar surface area (TPSA) is 21.3 Å². The van der Waals surface area contributed by atoms with Crippen LogP contribution >= 0.6 is 15.9 Å². The van der Waals surface area contributed by atoms with Gasteiger partial charge in [0, 0.05) is 11.0 Å². The van der Waals surface area contributed by atoms with Crippen LogP contribution < -0.4 is 10.1 Å². The molecule has 3 heteroatoms. The number of benzene rings is 1. The maximum Gasteiger partial charge on any atom is 0.119 e. The van der Waals surface area contributed by atoms with Crippen molar-refractivity contribution in [1.82, 2.24) is 5.32 Å². The van der Waals surface area contributed by atoms with Crippen LogP contribution in [0, 0.1) is 5.92 Å². The van der Waals surface area contributed by atoms with Crippen molar-refractivity contribution >= 4 is 15.9 Å². The van der Waals surface area contributed by atoms with Gasteiger partial charge >= 0.3 is 0 Å². The highest BCUT2D eigenvalue weighted by Crippen LogP contribution is 2.23. The first-order chi connectivity index (χ1) is 8.17. The van der Waals surface area contributed by atoms with E-state index >= 15 is 0 Å². The van der Waals surface area contributed by atoms with Gasteiger partial charge in [-0.2, -0.15) is 0 Å². The highest BCUT2D eigenvalue weighted by Gasteiger charge is 2.04. The van der Waals surface area contributed by atoms with Crippen LogP contribution in [0.25, 0.3) is 0 Å². The molecule has 2 nitrogen and oxygen atoms in total. The SMILES string of the molecule is CCNCc1cc(OCC(C)CC)ccc1Br. The first kappa shape index (κ1) is 14.5. The molecule has 0 aromatic heterocycles. The third-order valence-corrected chi connectivity index (χ3v) is 3.59. The van der Waals surface area contributed by atoms with Gasteiger partial charge in [-0.05, 0) is 36.2 Å². The van der Waals surface area contributed by atoms with Crippen LogP contribution in [0.4, 0.5) is 0 Å². The summed E-state index contributed by atoms with van der Waals surface area (Å²) in [7, 11) is 0. The van der Waals surface area contributed by atoms with Gasteiger partial charge in [-0.1, -0.05) is 43.1 Å². The Kier molecular flexibility index (Phi) is 6.60. The summed E-state index contributed by atoms with van der Waals surface area (Å²) in [6, 6.07) is 6.18. The molecule has 0 saturated carbocycles. The molecule has 1 aromatic rings. The van der Waals surface area contributed by atoms with E-state index in [1.54, 1.807) is 0 Å². The Bertz CT molecular complexity index is 341. The Morgan fingerprint density at radius 3 is 2.76 bits per heavy atom. The maximum absolute atomic E-state index is 5.79. The van der Waals surface area contributed by atoms with Crippen molar-refractivity contribution in [3.63, 3.8) is 0 Å². The van der Waals surface area contributed by atoms with Crippen molar-refractivity contribution in [1.29, 1.82) is 0 Å². The van der Waals surface area contributed by atoms with Gasteiger partial charge in [0.2, 0.25) is 0 Å². The molecule has 0 aliphatic carbocycles. The van der Waals surface area contributed by atoms with Crippen molar-refractivity contribution in [2.45, 2.75) is 33.7 Å². The Balaban J connectivity index is 2.61. The molecule has 17 heavy (non-hydrogen) atoms. The van der Waals surface area contributed by atoms with E-state index in [4.69, 9.17) is 4.74 Å². The molecule has 0 aliphatic heterocycles. The van der Waals surface area contributed by atoms with Gasteiger partial charge in [0.25, 0.3) is 0 Å². The Labute approximate surface area is 113 Å². The largest absolute Gasteiger partial charge is 0.493 e. The highest BCUT2D eigenvalue weighted by molar-refractivity contribution is 9.10. The number of nitrogens with one attached hydrogen (secondary N) is 1. The van der Waals surface area contributed by atoms with Gasteiger partial charge in [0.1, 0.15) is 5.75 Å².